The molecule has 8 nitrogen and oxygen atoms in total. The van der Waals surface area contributed by atoms with Crippen molar-refractivity contribution in [1.82, 2.24) is 19.7 Å². The van der Waals surface area contributed by atoms with E-state index in [1.54, 1.807) is 20.5 Å². The van der Waals surface area contributed by atoms with Crippen LogP contribution in [0.1, 0.15) is 5.56 Å². The van der Waals surface area contributed by atoms with Gasteiger partial charge < -0.3 is 14.8 Å². The Morgan fingerprint density at radius 3 is 2.66 bits per heavy atom. The molecule has 2 aromatic carbocycles. The third kappa shape index (κ3) is 4.92. The van der Waals surface area contributed by atoms with Crippen LogP contribution in [0.2, 0.25) is 0 Å². The summed E-state index contributed by atoms with van der Waals surface area (Å²) in [6.07, 6.45) is 1.64. The Morgan fingerprint density at radius 1 is 1.12 bits per heavy atom. The number of methoxy groups -OCH3 is 2. The number of aryl methyl sites for hydroxylation is 1. The third-order valence-electron chi connectivity index (χ3n) is 4.59. The number of thiazole rings is 1. The Labute approximate surface area is 193 Å². The minimum Gasteiger partial charge on any atom is -0.493 e. The van der Waals surface area contributed by atoms with Crippen LogP contribution < -0.4 is 14.8 Å². The number of nitrogens with zero attached hydrogens (tertiary/aromatic N) is 4. The number of hydrogen-bond donors (Lipinski definition) is 1. The lowest BCUT2D eigenvalue weighted by molar-refractivity contribution is -0.113. The fourth-order valence-corrected chi connectivity index (χ4v) is 4.41. The average Bonchev–Trinajstić information content (AvgIpc) is 3.47. The van der Waals surface area contributed by atoms with Gasteiger partial charge in [0, 0.05) is 16.6 Å². The van der Waals surface area contributed by atoms with E-state index in [1.165, 1.54) is 28.7 Å². The molecule has 0 atom stereocenters. The minimum absolute atomic E-state index is 0.165. The molecule has 0 unspecified atom stereocenters. The van der Waals surface area contributed by atoms with E-state index in [0.29, 0.717) is 21.8 Å². The lowest BCUT2D eigenvalue weighted by Gasteiger charge is -2.08. The van der Waals surface area contributed by atoms with E-state index in [4.69, 9.17) is 9.47 Å². The van der Waals surface area contributed by atoms with Crippen LogP contribution in [-0.4, -0.2) is 45.6 Å². The maximum absolute atomic E-state index is 12.5. The summed E-state index contributed by atoms with van der Waals surface area (Å²) in [5, 5.41) is 14.0. The molecule has 0 aliphatic rings. The summed E-state index contributed by atoms with van der Waals surface area (Å²) in [4.78, 5) is 17.0. The quantitative estimate of drug-likeness (QED) is 0.383. The largest absolute Gasteiger partial charge is 0.493 e. The summed E-state index contributed by atoms with van der Waals surface area (Å²) in [5.74, 6) is 1.30. The predicted octanol–water partition coefficient (Wildman–Crippen LogP) is 4.45. The highest BCUT2D eigenvalue weighted by Crippen LogP contribution is 2.33. The third-order valence-corrected chi connectivity index (χ3v) is 6.29. The number of rotatable bonds is 8. The van der Waals surface area contributed by atoms with Crippen LogP contribution in [-0.2, 0) is 4.79 Å². The number of carbonyl (C=O) groups excluding carboxylic acids is 1. The van der Waals surface area contributed by atoms with Crippen molar-refractivity contribution in [1.29, 1.82) is 0 Å². The smallest absolute Gasteiger partial charge is 0.236 e. The first-order chi connectivity index (χ1) is 15.6. The standard InChI is InChI=1S/C22H21N5O3S2/c1-14-4-7-16(8-5-14)27-13-23-26-22(27)32-12-20(28)25-21-24-17(11-31-21)15-6-9-18(29-2)19(10-15)30-3/h4-11,13H,12H2,1-3H3,(H,24,25,28). The van der Waals surface area contributed by atoms with Gasteiger partial charge in [0.1, 0.15) is 6.33 Å². The fraction of sp³-hybridized carbons (Fsp3) is 0.182. The van der Waals surface area contributed by atoms with Crippen LogP contribution in [0.5, 0.6) is 11.5 Å². The number of ether oxygens (including phenoxy) is 2. The van der Waals surface area contributed by atoms with Crippen molar-refractivity contribution in [2.24, 2.45) is 0 Å². The molecule has 2 heterocycles. The molecule has 4 rings (SSSR count). The molecule has 0 bridgehead atoms. The van der Waals surface area contributed by atoms with Gasteiger partial charge in [-0.05, 0) is 37.3 Å². The Balaban J connectivity index is 1.39. The second kappa shape index (κ2) is 9.84. The van der Waals surface area contributed by atoms with Gasteiger partial charge in [0.25, 0.3) is 0 Å². The van der Waals surface area contributed by atoms with E-state index >= 15 is 0 Å². The highest BCUT2D eigenvalue weighted by Gasteiger charge is 2.13. The number of carbonyl (C=O) groups is 1. The van der Waals surface area contributed by atoms with Gasteiger partial charge in [0.2, 0.25) is 5.91 Å². The normalized spacial score (nSPS) is 10.7. The van der Waals surface area contributed by atoms with Gasteiger partial charge in [-0.1, -0.05) is 29.5 Å². The van der Waals surface area contributed by atoms with Crippen LogP contribution >= 0.6 is 23.1 Å². The van der Waals surface area contributed by atoms with E-state index < -0.39 is 0 Å². The molecule has 0 aliphatic heterocycles. The average molecular weight is 468 g/mol. The fourth-order valence-electron chi connectivity index (χ4n) is 2.95. The number of hydrogen-bond acceptors (Lipinski definition) is 8. The zero-order valence-corrected chi connectivity index (χ0v) is 19.4. The highest BCUT2D eigenvalue weighted by molar-refractivity contribution is 7.99. The summed E-state index contributed by atoms with van der Waals surface area (Å²) in [7, 11) is 3.18. The number of nitrogens with one attached hydrogen (secondary N) is 1. The molecular formula is C22H21N5O3S2. The van der Waals surface area contributed by atoms with Crippen LogP contribution in [0.15, 0.2) is 59.3 Å². The van der Waals surface area contributed by atoms with Crippen molar-refractivity contribution in [3.8, 4) is 28.4 Å². The molecule has 0 aliphatic carbocycles. The molecule has 32 heavy (non-hydrogen) atoms. The summed E-state index contributed by atoms with van der Waals surface area (Å²) in [6, 6.07) is 13.6. The van der Waals surface area contributed by atoms with E-state index in [-0.39, 0.29) is 11.7 Å². The van der Waals surface area contributed by atoms with E-state index in [2.05, 4.69) is 20.5 Å². The molecule has 1 amide bonds. The summed E-state index contributed by atoms with van der Waals surface area (Å²) in [6.45, 7) is 2.03. The summed E-state index contributed by atoms with van der Waals surface area (Å²) in [5.41, 5.74) is 3.74. The van der Waals surface area contributed by atoms with Crippen LogP contribution in [0, 0.1) is 6.92 Å². The van der Waals surface area contributed by atoms with Crippen LogP contribution in [0.25, 0.3) is 16.9 Å². The number of aromatic nitrogens is 4. The Kier molecular flexibility index (Phi) is 6.72. The molecule has 164 valence electrons. The molecular weight excluding hydrogens is 446 g/mol. The molecule has 0 saturated carbocycles. The molecule has 1 N–H and O–H groups in total. The second-order valence-electron chi connectivity index (χ2n) is 6.76. The van der Waals surface area contributed by atoms with Gasteiger partial charge in [-0.25, -0.2) is 4.98 Å². The number of amides is 1. The zero-order chi connectivity index (χ0) is 22.5. The van der Waals surface area contributed by atoms with Crippen LogP contribution in [0.4, 0.5) is 5.13 Å². The second-order valence-corrected chi connectivity index (χ2v) is 8.56. The van der Waals surface area contributed by atoms with Gasteiger partial charge >= 0.3 is 0 Å². The molecule has 0 fully saturated rings. The molecule has 0 saturated heterocycles. The molecule has 0 spiro atoms. The lowest BCUT2D eigenvalue weighted by Crippen LogP contribution is -2.14. The lowest BCUT2D eigenvalue weighted by atomic mass is 10.1. The van der Waals surface area contributed by atoms with Gasteiger partial charge in [0.15, 0.2) is 21.8 Å². The Bertz CT molecular complexity index is 1220. The zero-order valence-electron chi connectivity index (χ0n) is 17.7. The predicted molar refractivity (Wildman–Crippen MR) is 126 cm³/mol. The van der Waals surface area contributed by atoms with Gasteiger partial charge in [0.05, 0.1) is 25.7 Å². The minimum atomic E-state index is -0.165. The SMILES string of the molecule is COc1ccc(-c2csc(NC(=O)CSc3nncn3-c3ccc(C)cc3)n2)cc1OC. The molecule has 0 radical (unpaired) electrons. The van der Waals surface area contributed by atoms with E-state index in [9.17, 15) is 4.79 Å². The maximum atomic E-state index is 12.5. The molecule has 4 aromatic rings. The molecule has 2 aromatic heterocycles. The van der Waals surface area contributed by atoms with E-state index in [1.807, 2.05) is 59.3 Å². The first-order valence-corrected chi connectivity index (χ1v) is 11.5. The number of benzene rings is 2. The van der Waals surface area contributed by atoms with Crippen molar-refractivity contribution in [3.63, 3.8) is 0 Å². The summed E-state index contributed by atoms with van der Waals surface area (Å²) >= 11 is 2.68. The maximum Gasteiger partial charge on any atom is 0.236 e. The Hall–Kier alpha value is -3.37. The van der Waals surface area contributed by atoms with Gasteiger partial charge in [-0.15, -0.1) is 21.5 Å². The molecule has 10 heteroatoms. The van der Waals surface area contributed by atoms with Crippen molar-refractivity contribution in [2.75, 3.05) is 25.3 Å². The summed E-state index contributed by atoms with van der Waals surface area (Å²) < 4.78 is 12.5. The topological polar surface area (TPSA) is 91.2 Å². The van der Waals surface area contributed by atoms with Crippen molar-refractivity contribution < 1.29 is 14.3 Å². The monoisotopic (exact) mass is 467 g/mol. The first kappa shape index (κ1) is 21.8. The van der Waals surface area contributed by atoms with Crippen LogP contribution in [0.3, 0.4) is 0 Å². The van der Waals surface area contributed by atoms with Crippen molar-refractivity contribution in [3.05, 3.63) is 59.7 Å². The van der Waals surface area contributed by atoms with Gasteiger partial charge in [-0.3, -0.25) is 9.36 Å². The Morgan fingerprint density at radius 2 is 1.91 bits per heavy atom. The van der Waals surface area contributed by atoms with E-state index in [0.717, 1.165) is 16.9 Å². The highest BCUT2D eigenvalue weighted by atomic mass is 32.2. The van der Waals surface area contributed by atoms with Crippen molar-refractivity contribution in [2.45, 2.75) is 12.1 Å². The number of anilines is 1. The number of thioether (sulfide) groups is 1. The van der Waals surface area contributed by atoms with Gasteiger partial charge in [-0.2, -0.15) is 0 Å². The van der Waals surface area contributed by atoms with Crippen molar-refractivity contribution >= 4 is 34.1 Å². The first-order valence-electron chi connectivity index (χ1n) is 9.65.